The fraction of sp³-hybridized carbons (Fsp3) is 0.250. The Kier molecular flexibility index (Phi) is 5.05. The molecule has 0 aliphatic heterocycles. The van der Waals surface area contributed by atoms with E-state index >= 15 is 0 Å². The van der Waals surface area contributed by atoms with Gasteiger partial charge < -0.3 is 19.2 Å². The Hall–Kier alpha value is -2.97. The predicted molar refractivity (Wildman–Crippen MR) is 79.3 cm³/mol. The van der Waals surface area contributed by atoms with Gasteiger partial charge in [-0.2, -0.15) is 0 Å². The third-order valence-electron chi connectivity index (χ3n) is 3.28. The van der Waals surface area contributed by atoms with Crippen LogP contribution in [-0.2, 0) is 6.54 Å². The molecule has 1 amide bonds. The first-order valence-electron chi connectivity index (χ1n) is 7.01. The molecule has 1 aromatic carbocycles. The molecule has 1 heterocycles. The number of carbonyl (C=O) groups is 2. The average molecular weight is 357 g/mol. The Morgan fingerprint density at radius 1 is 1.24 bits per heavy atom. The molecule has 0 bridgehead atoms. The third-order valence-corrected chi connectivity index (χ3v) is 3.28. The van der Waals surface area contributed by atoms with Gasteiger partial charge in [0, 0.05) is 7.05 Å². The van der Waals surface area contributed by atoms with Crippen molar-refractivity contribution >= 4 is 11.9 Å². The van der Waals surface area contributed by atoms with Gasteiger partial charge in [-0.05, 0) is 25.1 Å². The summed E-state index contributed by atoms with van der Waals surface area (Å²) in [6.45, 7) is 1.34. The summed E-state index contributed by atoms with van der Waals surface area (Å²) in [7, 11) is 1.35. The number of hydrogen-bond acceptors (Lipinski definition) is 4. The zero-order valence-electron chi connectivity index (χ0n) is 13.3. The van der Waals surface area contributed by atoms with E-state index in [1.807, 2.05) is 0 Å². The highest BCUT2D eigenvalue weighted by Gasteiger charge is 2.33. The van der Waals surface area contributed by atoms with Crippen molar-refractivity contribution in [3.8, 4) is 5.75 Å². The van der Waals surface area contributed by atoms with Crippen LogP contribution in [0.5, 0.6) is 5.75 Å². The molecule has 0 radical (unpaired) electrons. The molecule has 0 saturated carbocycles. The Morgan fingerprint density at radius 3 is 2.44 bits per heavy atom. The Balaban J connectivity index is 2.20. The zero-order valence-corrected chi connectivity index (χ0v) is 13.3. The largest absolute Gasteiger partial charge is 0.573 e. The molecule has 0 unspecified atom stereocenters. The van der Waals surface area contributed by atoms with Crippen LogP contribution in [0.3, 0.4) is 0 Å². The number of halogens is 3. The number of para-hydroxylation sites is 1. The number of rotatable bonds is 5. The molecule has 0 spiro atoms. The van der Waals surface area contributed by atoms with Gasteiger partial charge in [0.15, 0.2) is 0 Å². The number of amides is 1. The van der Waals surface area contributed by atoms with Gasteiger partial charge in [-0.25, -0.2) is 4.79 Å². The molecule has 0 saturated heterocycles. The van der Waals surface area contributed by atoms with Gasteiger partial charge in [-0.1, -0.05) is 12.1 Å². The Bertz CT molecular complexity index is 797. The molecule has 25 heavy (non-hydrogen) atoms. The summed E-state index contributed by atoms with van der Waals surface area (Å²) in [6, 6.07) is 6.22. The van der Waals surface area contributed by atoms with Gasteiger partial charge in [0.2, 0.25) is 0 Å². The minimum atomic E-state index is -4.93. The number of aromatic carboxylic acids is 1. The highest BCUT2D eigenvalue weighted by molar-refractivity contribution is 5.96. The van der Waals surface area contributed by atoms with E-state index in [4.69, 9.17) is 9.52 Å². The van der Waals surface area contributed by atoms with E-state index in [-0.39, 0.29) is 29.2 Å². The van der Waals surface area contributed by atoms with Crippen molar-refractivity contribution in [3.05, 3.63) is 53.0 Å². The van der Waals surface area contributed by atoms with Crippen molar-refractivity contribution in [1.82, 2.24) is 4.90 Å². The number of nitrogens with zero attached hydrogens (tertiary/aromatic N) is 1. The van der Waals surface area contributed by atoms with Gasteiger partial charge in [0.05, 0.1) is 12.1 Å². The average Bonchev–Trinajstić information content (AvgIpc) is 2.86. The summed E-state index contributed by atoms with van der Waals surface area (Å²) in [6.07, 6.45) is -4.93. The molecule has 0 atom stereocenters. The molecule has 6 nitrogen and oxygen atoms in total. The zero-order chi connectivity index (χ0) is 18.8. The lowest BCUT2D eigenvalue weighted by Gasteiger charge is -2.18. The standard InChI is InChI=1S/C16H14F3NO5/c1-9-12(15(22)23)7-10(24-9)8-20(2)14(21)11-5-3-4-6-13(11)25-16(17,18)19/h3-7H,8H2,1-2H3,(H,22,23). The van der Waals surface area contributed by atoms with Gasteiger partial charge in [-0.3, -0.25) is 4.79 Å². The van der Waals surface area contributed by atoms with Gasteiger partial charge in [0.25, 0.3) is 5.91 Å². The van der Waals surface area contributed by atoms with Crippen LogP contribution in [0.15, 0.2) is 34.7 Å². The van der Waals surface area contributed by atoms with Crippen LogP contribution in [0.4, 0.5) is 13.2 Å². The molecule has 0 aliphatic carbocycles. The molecule has 1 N–H and O–H groups in total. The summed E-state index contributed by atoms with van der Waals surface area (Å²) < 4.78 is 46.4. The third kappa shape index (κ3) is 4.52. The molecular weight excluding hydrogens is 343 g/mol. The van der Waals surface area contributed by atoms with Gasteiger partial charge in [-0.15, -0.1) is 13.2 Å². The molecule has 134 valence electrons. The molecule has 2 aromatic rings. The van der Waals surface area contributed by atoms with Crippen LogP contribution in [0.2, 0.25) is 0 Å². The normalized spacial score (nSPS) is 11.2. The fourth-order valence-electron chi connectivity index (χ4n) is 2.20. The van der Waals surface area contributed by atoms with Gasteiger partial charge >= 0.3 is 12.3 Å². The molecular formula is C16H14F3NO5. The monoisotopic (exact) mass is 357 g/mol. The summed E-state index contributed by atoms with van der Waals surface area (Å²) in [5.74, 6) is -2.16. The second kappa shape index (κ2) is 6.88. The number of ether oxygens (including phenoxy) is 1. The van der Waals surface area contributed by atoms with E-state index in [2.05, 4.69) is 4.74 Å². The lowest BCUT2D eigenvalue weighted by atomic mass is 10.1. The first-order valence-corrected chi connectivity index (χ1v) is 7.01. The fourth-order valence-corrected chi connectivity index (χ4v) is 2.20. The molecule has 9 heteroatoms. The van der Waals surface area contributed by atoms with Crippen molar-refractivity contribution in [3.63, 3.8) is 0 Å². The number of carboxylic acids is 1. The second-order valence-corrected chi connectivity index (χ2v) is 5.19. The highest BCUT2D eigenvalue weighted by Crippen LogP contribution is 2.27. The number of hydrogen-bond donors (Lipinski definition) is 1. The van der Waals surface area contributed by atoms with Crippen LogP contribution < -0.4 is 4.74 Å². The molecule has 0 aliphatic rings. The lowest BCUT2D eigenvalue weighted by molar-refractivity contribution is -0.274. The number of furan rings is 1. The first kappa shape index (κ1) is 18.4. The maximum Gasteiger partial charge on any atom is 0.573 e. The minimum Gasteiger partial charge on any atom is -0.478 e. The number of benzene rings is 1. The molecule has 2 rings (SSSR count). The Morgan fingerprint density at radius 2 is 1.88 bits per heavy atom. The van der Waals surface area contributed by atoms with E-state index in [0.29, 0.717) is 0 Å². The van der Waals surface area contributed by atoms with E-state index < -0.39 is 24.0 Å². The minimum absolute atomic E-state index is 0.0448. The SMILES string of the molecule is Cc1oc(CN(C)C(=O)c2ccccc2OC(F)(F)F)cc1C(=O)O. The second-order valence-electron chi connectivity index (χ2n) is 5.19. The van der Waals surface area contributed by atoms with Crippen LogP contribution >= 0.6 is 0 Å². The molecule has 1 aromatic heterocycles. The number of aryl methyl sites for hydroxylation is 1. The predicted octanol–water partition coefficient (Wildman–Crippen LogP) is 3.46. The topological polar surface area (TPSA) is 80.0 Å². The van der Waals surface area contributed by atoms with Crippen LogP contribution in [0, 0.1) is 6.92 Å². The van der Waals surface area contributed by atoms with Crippen molar-refractivity contribution in [2.75, 3.05) is 7.05 Å². The summed E-state index contributed by atoms with van der Waals surface area (Å²) in [4.78, 5) is 24.5. The van der Waals surface area contributed by atoms with E-state index in [1.54, 1.807) is 0 Å². The van der Waals surface area contributed by atoms with Crippen LogP contribution in [0.25, 0.3) is 0 Å². The highest BCUT2D eigenvalue weighted by atomic mass is 19.4. The van der Waals surface area contributed by atoms with Crippen molar-refractivity contribution in [2.45, 2.75) is 19.8 Å². The summed E-state index contributed by atoms with van der Waals surface area (Å²) in [5.41, 5.74) is -0.319. The first-order chi connectivity index (χ1) is 11.6. The van der Waals surface area contributed by atoms with Crippen molar-refractivity contribution < 1.29 is 37.0 Å². The Labute approximate surface area is 140 Å². The van der Waals surface area contributed by atoms with E-state index in [9.17, 15) is 22.8 Å². The van der Waals surface area contributed by atoms with E-state index in [0.717, 1.165) is 11.0 Å². The number of alkyl halides is 3. The number of carbonyl (C=O) groups excluding carboxylic acids is 1. The summed E-state index contributed by atoms with van der Waals surface area (Å²) in [5, 5.41) is 8.98. The quantitative estimate of drug-likeness (QED) is 0.886. The maximum absolute atomic E-state index is 12.4. The lowest BCUT2D eigenvalue weighted by Crippen LogP contribution is -2.27. The molecule has 0 fully saturated rings. The van der Waals surface area contributed by atoms with Crippen LogP contribution in [0.1, 0.15) is 32.2 Å². The van der Waals surface area contributed by atoms with E-state index in [1.165, 1.54) is 38.2 Å². The van der Waals surface area contributed by atoms with Crippen LogP contribution in [-0.4, -0.2) is 35.3 Å². The smallest absolute Gasteiger partial charge is 0.478 e. The number of carboxylic acid groups (broad SMARTS) is 1. The van der Waals surface area contributed by atoms with Crippen molar-refractivity contribution in [1.29, 1.82) is 0 Å². The maximum atomic E-state index is 12.4. The van der Waals surface area contributed by atoms with Crippen molar-refractivity contribution in [2.24, 2.45) is 0 Å². The van der Waals surface area contributed by atoms with Gasteiger partial charge in [0.1, 0.15) is 22.8 Å². The summed E-state index contributed by atoms with van der Waals surface area (Å²) >= 11 is 0.